The summed E-state index contributed by atoms with van der Waals surface area (Å²) in [5, 5.41) is 2.98. The lowest BCUT2D eigenvalue weighted by Gasteiger charge is -2.20. The van der Waals surface area contributed by atoms with Crippen molar-refractivity contribution in [3.05, 3.63) is 11.8 Å². The molecule has 2 aliphatic rings. The smallest absolute Gasteiger partial charge is 0.321 e. The average Bonchev–Trinajstić information content (AvgIpc) is 2.78. The van der Waals surface area contributed by atoms with E-state index in [1.54, 1.807) is 0 Å². The molecule has 0 aromatic carbocycles. The molecule has 2 amide bonds. The summed E-state index contributed by atoms with van der Waals surface area (Å²) < 4.78 is 0. The van der Waals surface area contributed by atoms with Gasteiger partial charge in [-0.05, 0) is 38.5 Å². The van der Waals surface area contributed by atoms with Crippen LogP contribution >= 0.6 is 0 Å². The zero-order valence-corrected chi connectivity index (χ0v) is 11.6. The maximum Gasteiger partial charge on any atom is 0.321 e. The average molecular weight is 250 g/mol. The molecular weight excluding hydrogens is 224 g/mol. The van der Waals surface area contributed by atoms with Crippen LogP contribution in [0.2, 0.25) is 0 Å². The first-order valence-corrected chi connectivity index (χ1v) is 7.49. The molecule has 0 atom stereocenters. The normalized spacial score (nSPS) is 22.9. The summed E-state index contributed by atoms with van der Waals surface area (Å²) in [4.78, 5) is 14.0. The number of amides is 2. The Morgan fingerprint density at radius 1 is 1.06 bits per heavy atom. The molecule has 3 heteroatoms. The zero-order valence-electron chi connectivity index (χ0n) is 11.6. The third kappa shape index (κ3) is 3.76. The van der Waals surface area contributed by atoms with Gasteiger partial charge in [-0.3, -0.25) is 0 Å². The van der Waals surface area contributed by atoms with Crippen molar-refractivity contribution in [1.29, 1.82) is 0 Å². The van der Waals surface area contributed by atoms with Crippen LogP contribution < -0.4 is 5.32 Å². The van der Waals surface area contributed by atoms with Crippen molar-refractivity contribution in [2.45, 2.75) is 58.3 Å². The van der Waals surface area contributed by atoms with Gasteiger partial charge >= 0.3 is 6.03 Å². The number of nitrogens with one attached hydrogen (secondary N) is 1. The molecule has 0 radical (unpaired) electrons. The van der Waals surface area contributed by atoms with Gasteiger partial charge < -0.3 is 10.2 Å². The lowest BCUT2D eigenvalue weighted by atomic mass is 10.0. The first kappa shape index (κ1) is 13.4. The van der Waals surface area contributed by atoms with Crippen LogP contribution in [-0.2, 0) is 0 Å². The fourth-order valence-electron chi connectivity index (χ4n) is 3.04. The van der Waals surface area contributed by atoms with E-state index in [-0.39, 0.29) is 6.03 Å². The van der Waals surface area contributed by atoms with Crippen LogP contribution in [0.4, 0.5) is 4.79 Å². The van der Waals surface area contributed by atoms with Crippen LogP contribution in [0.25, 0.3) is 0 Å². The number of urea groups is 1. The summed E-state index contributed by atoms with van der Waals surface area (Å²) in [6.07, 6.45) is 12.1. The topological polar surface area (TPSA) is 32.3 Å². The van der Waals surface area contributed by atoms with Gasteiger partial charge in [0.1, 0.15) is 0 Å². The fourth-order valence-corrected chi connectivity index (χ4v) is 3.04. The summed E-state index contributed by atoms with van der Waals surface area (Å²) in [5.41, 5.74) is 1.34. The fraction of sp³-hybridized carbons (Fsp3) is 0.800. The third-order valence-corrected chi connectivity index (χ3v) is 4.32. The van der Waals surface area contributed by atoms with Gasteiger partial charge in [0.25, 0.3) is 0 Å². The second kappa shape index (κ2) is 6.81. The molecule has 1 aliphatic heterocycles. The van der Waals surface area contributed by atoms with Gasteiger partial charge in [-0.25, -0.2) is 4.79 Å². The molecule has 0 bridgehead atoms. The minimum atomic E-state index is 0.0919. The SMILES string of the molecule is C/C(=C\NC(=O)N1CCCCCC1)C1CCCC1. The molecule has 1 aliphatic carbocycles. The third-order valence-electron chi connectivity index (χ3n) is 4.32. The Balaban J connectivity index is 1.80. The molecule has 2 rings (SSSR count). The highest BCUT2D eigenvalue weighted by atomic mass is 16.2. The Morgan fingerprint density at radius 2 is 1.67 bits per heavy atom. The second-order valence-electron chi connectivity index (χ2n) is 5.72. The predicted octanol–water partition coefficient (Wildman–Crippen LogP) is 3.67. The van der Waals surface area contributed by atoms with Crippen molar-refractivity contribution in [3.63, 3.8) is 0 Å². The van der Waals surface area contributed by atoms with E-state index >= 15 is 0 Å². The summed E-state index contributed by atoms with van der Waals surface area (Å²) in [7, 11) is 0. The summed E-state index contributed by atoms with van der Waals surface area (Å²) in [6, 6.07) is 0.0919. The number of rotatable bonds is 2. The van der Waals surface area contributed by atoms with Crippen LogP contribution in [0.15, 0.2) is 11.8 Å². The van der Waals surface area contributed by atoms with E-state index in [1.165, 1.54) is 44.1 Å². The molecule has 18 heavy (non-hydrogen) atoms. The van der Waals surface area contributed by atoms with Crippen molar-refractivity contribution < 1.29 is 4.79 Å². The highest BCUT2D eigenvalue weighted by molar-refractivity contribution is 5.75. The van der Waals surface area contributed by atoms with Crippen molar-refractivity contribution in [1.82, 2.24) is 10.2 Å². The Hall–Kier alpha value is -0.990. The van der Waals surface area contributed by atoms with Crippen molar-refractivity contribution in [2.75, 3.05) is 13.1 Å². The summed E-state index contributed by atoms with van der Waals surface area (Å²) in [6.45, 7) is 3.99. The number of nitrogens with zero attached hydrogens (tertiary/aromatic N) is 1. The lowest BCUT2D eigenvalue weighted by molar-refractivity contribution is 0.203. The van der Waals surface area contributed by atoms with Gasteiger partial charge in [-0.1, -0.05) is 31.3 Å². The predicted molar refractivity (Wildman–Crippen MR) is 74.3 cm³/mol. The van der Waals surface area contributed by atoms with Crippen LogP contribution in [-0.4, -0.2) is 24.0 Å². The number of hydrogen-bond donors (Lipinski definition) is 1. The number of hydrogen-bond acceptors (Lipinski definition) is 1. The van der Waals surface area contributed by atoms with Crippen molar-refractivity contribution in [3.8, 4) is 0 Å². The molecule has 0 aromatic heterocycles. The molecule has 0 spiro atoms. The van der Waals surface area contributed by atoms with E-state index < -0.39 is 0 Å². The van der Waals surface area contributed by atoms with E-state index in [9.17, 15) is 4.79 Å². The molecule has 1 heterocycles. The minimum absolute atomic E-state index is 0.0919. The second-order valence-corrected chi connectivity index (χ2v) is 5.72. The molecule has 0 aromatic rings. The van der Waals surface area contributed by atoms with E-state index in [2.05, 4.69) is 12.2 Å². The Labute approximate surface area is 111 Å². The van der Waals surface area contributed by atoms with Gasteiger partial charge in [0, 0.05) is 19.3 Å². The molecule has 1 saturated heterocycles. The van der Waals surface area contributed by atoms with Crippen LogP contribution in [0.5, 0.6) is 0 Å². The number of allylic oxidation sites excluding steroid dienone is 1. The lowest BCUT2D eigenvalue weighted by Crippen LogP contribution is -2.38. The quantitative estimate of drug-likeness (QED) is 0.797. The van der Waals surface area contributed by atoms with E-state index in [0.29, 0.717) is 5.92 Å². The first-order chi connectivity index (χ1) is 8.77. The monoisotopic (exact) mass is 250 g/mol. The summed E-state index contributed by atoms with van der Waals surface area (Å²) >= 11 is 0. The van der Waals surface area contributed by atoms with Crippen molar-refractivity contribution >= 4 is 6.03 Å². The largest absolute Gasteiger partial charge is 0.325 e. The molecule has 2 fully saturated rings. The molecule has 3 nitrogen and oxygen atoms in total. The van der Waals surface area contributed by atoms with Gasteiger partial charge in [-0.15, -0.1) is 0 Å². The van der Waals surface area contributed by atoms with Crippen molar-refractivity contribution in [2.24, 2.45) is 5.92 Å². The van der Waals surface area contributed by atoms with Gasteiger partial charge in [0.15, 0.2) is 0 Å². The Morgan fingerprint density at radius 3 is 2.28 bits per heavy atom. The Bertz CT molecular complexity index is 298. The van der Waals surface area contributed by atoms with E-state index in [4.69, 9.17) is 0 Å². The standard InChI is InChI=1S/C15H26N2O/c1-13(14-8-4-5-9-14)12-16-15(18)17-10-6-2-3-7-11-17/h12,14H,2-11H2,1H3,(H,16,18)/b13-12+. The number of likely N-dealkylation sites (tertiary alicyclic amines) is 1. The first-order valence-electron chi connectivity index (χ1n) is 7.49. The van der Waals surface area contributed by atoms with E-state index in [0.717, 1.165) is 25.9 Å². The molecule has 0 unspecified atom stereocenters. The van der Waals surface area contributed by atoms with Gasteiger partial charge in [-0.2, -0.15) is 0 Å². The van der Waals surface area contributed by atoms with Crippen LogP contribution in [0, 0.1) is 5.92 Å². The van der Waals surface area contributed by atoms with Crippen LogP contribution in [0.1, 0.15) is 58.3 Å². The van der Waals surface area contributed by atoms with Crippen LogP contribution in [0.3, 0.4) is 0 Å². The van der Waals surface area contributed by atoms with Gasteiger partial charge in [0.2, 0.25) is 0 Å². The Kier molecular flexibility index (Phi) is 5.09. The van der Waals surface area contributed by atoms with Gasteiger partial charge in [0.05, 0.1) is 0 Å². The van der Waals surface area contributed by atoms with E-state index in [1.807, 2.05) is 11.1 Å². The maximum absolute atomic E-state index is 12.0. The molecule has 1 saturated carbocycles. The number of carbonyl (C=O) groups is 1. The number of carbonyl (C=O) groups excluding carboxylic acids is 1. The summed E-state index contributed by atoms with van der Waals surface area (Å²) in [5.74, 6) is 0.703. The molecular formula is C15H26N2O. The minimum Gasteiger partial charge on any atom is -0.325 e. The highest BCUT2D eigenvalue weighted by Crippen LogP contribution is 2.30. The highest BCUT2D eigenvalue weighted by Gasteiger charge is 2.18. The maximum atomic E-state index is 12.0. The zero-order chi connectivity index (χ0) is 12.8. The molecule has 1 N–H and O–H groups in total. The molecule has 102 valence electrons.